The van der Waals surface area contributed by atoms with Gasteiger partial charge in [0.25, 0.3) is 0 Å². The minimum absolute atomic E-state index is 0.584. The maximum absolute atomic E-state index is 5.83. The van der Waals surface area contributed by atoms with E-state index in [0.29, 0.717) is 5.92 Å². The summed E-state index contributed by atoms with van der Waals surface area (Å²) in [6, 6.07) is 6.47. The Hall–Kier alpha value is -1.02. The topological polar surface area (TPSA) is 21.3 Å². The lowest BCUT2D eigenvalue weighted by molar-refractivity contribution is 0.304. The number of hydrogen-bond acceptors (Lipinski definition) is 2. The summed E-state index contributed by atoms with van der Waals surface area (Å²) in [6.07, 6.45) is 4.98. The Bertz CT molecular complexity index is 374. The second-order valence-electron chi connectivity index (χ2n) is 5.79. The first kappa shape index (κ1) is 17.0. The van der Waals surface area contributed by atoms with Gasteiger partial charge in [0, 0.05) is 0 Å². The molecular weight excluding hydrogens is 246 g/mol. The van der Waals surface area contributed by atoms with E-state index in [1.54, 1.807) is 0 Å². The molecule has 0 saturated carbocycles. The molecule has 2 nitrogen and oxygen atoms in total. The average molecular weight is 277 g/mol. The molecule has 0 aliphatic carbocycles. The third-order valence-electron chi connectivity index (χ3n) is 3.63. The first-order valence-electron chi connectivity index (χ1n) is 8.09. The molecule has 114 valence electrons. The summed E-state index contributed by atoms with van der Waals surface area (Å²) in [5.74, 6) is 1.60. The van der Waals surface area contributed by atoms with Crippen molar-refractivity contribution in [3.8, 4) is 5.75 Å². The van der Waals surface area contributed by atoms with Gasteiger partial charge in [-0.25, -0.2) is 0 Å². The fourth-order valence-electron chi connectivity index (χ4n) is 2.46. The molecule has 0 aliphatic heterocycles. The second-order valence-corrected chi connectivity index (χ2v) is 5.79. The third kappa shape index (κ3) is 6.42. The number of rotatable bonds is 10. The molecule has 0 bridgehead atoms. The van der Waals surface area contributed by atoms with E-state index in [-0.39, 0.29) is 0 Å². The van der Waals surface area contributed by atoms with E-state index in [9.17, 15) is 0 Å². The van der Waals surface area contributed by atoms with Gasteiger partial charge in [-0.3, -0.25) is 0 Å². The Morgan fingerprint density at radius 2 is 1.85 bits per heavy atom. The average Bonchev–Trinajstić information content (AvgIpc) is 2.41. The zero-order valence-electron chi connectivity index (χ0n) is 13.7. The Morgan fingerprint density at radius 3 is 2.50 bits per heavy atom. The first-order chi connectivity index (χ1) is 9.65. The number of ether oxygens (including phenoxy) is 1. The van der Waals surface area contributed by atoms with Gasteiger partial charge in [0.2, 0.25) is 0 Å². The molecular formula is C18H31NO. The second kappa shape index (κ2) is 9.82. The van der Waals surface area contributed by atoms with Gasteiger partial charge in [-0.2, -0.15) is 0 Å². The standard InChI is InChI=1S/C18H31NO/c1-5-19-12-8-6-7-9-13-20-17-10-11-18(15(2)3)16(4)14-17/h10-11,14-15,19H,5-9,12-13H2,1-4H3. The molecule has 2 heteroatoms. The van der Waals surface area contributed by atoms with Crippen molar-refractivity contribution in [1.29, 1.82) is 0 Å². The lowest BCUT2D eigenvalue weighted by Crippen LogP contribution is -2.13. The van der Waals surface area contributed by atoms with Crippen LogP contribution >= 0.6 is 0 Å². The van der Waals surface area contributed by atoms with Crippen LogP contribution in [0.25, 0.3) is 0 Å². The van der Waals surface area contributed by atoms with Crippen LogP contribution < -0.4 is 10.1 Å². The van der Waals surface area contributed by atoms with E-state index in [2.05, 4.69) is 51.2 Å². The summed E-state index contributed by atoms with van der Waals surface area (Å²) in [6.45, 7) is 11.8. The first-order valence-corrected chi connectivity index (χ1v) is 8.09. The van der Waals surface area contributed by atoms with Crippen molar-refractivity contribution in [2.45, 2.75) is 59.3 Å². The van der Waals surface area contributed by atoms with Gasteiger partial charge in [0.1, 0.15) is 5.75 Å². The predicted octanol–water partition coefficient (Wildman–Crippen LogP) is 4.67. The molecule has 0 fully saturated rings. The molecule has 0 saturated heterocycles. The van der Waals surface area contributed by atoms with Crippen molar-refractivity contribution in [2.75, 3.05) is 19.7 Å². The summed E-state index contributed by atoms with van der Waals surface area (Å²) in [5.41, 5.74) is 2.75. The number of hydrogen-bond donors (Lipinski definition) is 1. The lowest BCUT2D eigenvalue weighted by Gasteiger charge is -2.12. The monoisotopic (exact) mass is 277 g/mol. The summed E-state index contributed by atoms with van der Waals surface area (Å²) < 4.78 is 5.83. The van der Waals surface area contributed by atoms with E-state index in [0.717, 1.165) is 31.9 Å². The fourth-order valence-corrected chi connectivity index (χ4v) is 2.46. The molecule has 1 aromatic carbocycles. The minimum Gasteiger partial charge on any atom is -0.494 e. The SMILES string of the molecule is CCNCCCCCCOc1ccc(C(C)C)c(C)c1. The highest BCUT2D eigenvalue weighted by Crippen LogP contribution is 2.23. The fraction of sp³-hybridized carbons (Fsp3) is 0.667. The maximum atomic E-state index is 5.83. The quantitative estimate of drug-likeness (QED) is 0.628. The minimum atomic E-state index is 0.584. The number of unbranched alkanes of at least 4 members (excludes halogenated alkanes) is 3. The smallest absolute Gasteiger partial charge is 0.119 e. The van der Waals surface area contributed by atoms with Crippen LogP contribution in [-0.2, 0) is 0 Å². The highest BCUT2D eigenvalue weighted by atomic mass is 16.5. The van der Waals surface area contributed by atoms with E-state index < -0.39 is 0 Å². The van der Waals surface area contributed by atoms with Crippen LogP contribution in [0.1, 0.15) is 63.5 Å². The molecule has 0 aliphatic rings. The van der Waals surface area contributed by atoms with Gasteiger partial charge in [-0.05, 0) is 62.0 Å². The highest BCUT2D eigenvalue weighted by Gasteiger charge is 2.04. The van der Waals surface area contributed by atoms with Crippen LogP contribution in [0.4, 0.5) is 0 Å². The summed E-state index contributed by atoms with van der Waals surface area (Å²) in [4.78, 5) is 0. The zero-order chi connectivity index (χ0) is 14.8. The van der Waals surface area contributed by atoms with Crippen LogP contribution in [-0.4, -0.2) is 19.7 Å². The maximum Gasteiger partial charge on any atom is 0.119 e. The molecule has 0 aromatic heterocycles. The molecule has 0 atom stereocenters. The van der Waals surface area contributed by atoms with E-state index in [1.165, 1.54) is 30.4 Å². The molecule has 0 unspecified atom stereocenters. The van der Waals surface area contributed by atoms with Gasteiger partial charge >= 0.3 is 0 Å². The number of nitrogens with one attached hydrogen (secondary N) is 1. The highest BCUT2D eigenvalue weighted by molar-refractivity contribution is 5.36. The predicted molar refractivity (Wildman–Crippen MR) is 87.8 cm³/mol. The number of benzene rings is 1. The van der Waals surface area contributed by atoms with Gasteiger partial charge in [0.05, 0.1) is 6.61 Å². The van der Waals surface area contributed by atoms with Crippen LogP contribution in [0.2, 0.25) is 0 Å². The van der Waals surface area contributed by atoms with Crippen LogP contribution in [0.5, 0.6) is 5.75 Å². The van der Waals surface area contributed by atoms with E-state index in [4.69, 9.17) is 4.74 Å². The van der Waals surface area contributed by atoms with Crippen molar-refractivity contribution in [1.82, 2.24) is 5.32 Å². The molecule has 1 aromatic rings. The van der Waals surface area contributed by atoms with Crippen molar-refractivity contribution in [2.24, 2.45) is 0 Å². The normalized spacial score (nSPS) is 11.1. The Morgan fingerprint density at radius 1 is 1.10 bits per heavy atom. The Kier molecular flexibility index (Phi) is 8.36. The van der Waals surface area contributed by atoms with Crippen molar-refractivity contribution in [3.05, 3.63) is 29.3 Å². The Labute approximate surface area is 124 Å². The third-order valence-corrected chi connectivity index (χ3v) is 3.63. The summed E-state index contributed by atoms with van der Waals surface area (Å²) in [5, 5.41) is 3.35. The molecule has 0 radical (unpaired) electrons. The number of aryl methyl sites for hydroxylation is 1. The summed E-state index contributed by atoms with van der Waals surface area (Å²) in [7, 11) is 0. The molecule has 0 heterocycles. The Balaban J connectivity index is 2.18. The van der Waals surface area contributed by atoms with Gasteiger partial charge in [-0.1, -0.05) is 39.7 Å². The van der Waals surface area contributed by atoms with Crippen LogP contribution in [0, 0.1) is 6.92 Å². The van der Waals surface area contributed by atoms with Gasteiger partial charge < -0.3 is 10.1 Å². The van der Waals surface area contributed by atoms with Crippen molar-refractivity contribution >= 4 is 0 Å². The van der Waals surface area contributed by atoms with Gasteiger partial charge in [-0.15, -0.1) is 0 Å². The molecule has 0 spiro atoms. The van der Waals surface area contributed by atoms with E-state index in [1.807, 2.05) is 0 Å². The molecule has 1 N–H and O–H groups in total. The molecule has 1 rings (SSSR count). The zero-order valence-corrected chi connectivity index (χ0v) is 13.7. The van der Waals surface area contributed by atoms with Crippen LogP contribution in [0.3, 0.4) is 0 Å². The van der Waals surface area contributed by atoms with E-state index >= 15 is 0 Å². The lowest BCUT2D eigenvalue weighted by atomic mass is 9.98. The van der Waals surface area contributed by atoms with Crippen molar-refractivity contribution in [3.63, 3.8) is 0 Å². The van der Waals surface area contributed by atoms with Crippen LogP contribution in [0.15, 0.2) is 18.2 Å². The largest absolute Gasteiger partial charge is 0.494 e. The molecule has 20 heavy (non-hydrogen) atoms. The van der Waals surface area contributed by atoms with Gasteiger partial charge in [0.15, 0.2) is 0 Å². The molecule has 0 amide bonds. The summed E-state index contributed by atoms with van der Waals surface area (Å²) >= 11 is 0. The van der Waals surface area contributed by atoms with Crippen molar-refractivity contribution < 1.29 is 4.74 Å².